The number of carbonyl (C=O) groups excluding carboxylic acids is 2. The van der Waals surface area contributed by atoms with E-state index >= 15 is 0 Å². The second kappa shape index (κ2) is 4.18. The van der Waals surface area contributed by atoms with Crippen LogP contribution in [0.3, 0.4) is 0 Å². The highest BCUT2D eigenvalue weighted by atomic mass is 16.6. The molecule has 1 aromatic carbocycles. The number of amides is 1. The average molecular weight is 261 g/mol. The quantitative estimate of drug-likeness (QED) is 0.636. The third-order valence-corrected chi connectivity index (χ3v) is 3.14. The number of benzene rings is 1. The number of fused-ring (bicyclic) bond motifs is 1. The maximum absolute atomic E-state index is 11.9. The Morgan fingerprint density at radius 1 is 1.32 bits per heavy atom. The van der Waals surface area contributed by atoms with Crippen LogP contribution in [0.15, 0.2) is 36.0 Å². The Hall–Kier alpha value is -2.18. The number of aliphatic hydroxyl groups excluding tert-OH is 1. The number of aromatic hydroxyl groups is 1. The number of phenolic OH excluding ortho intramolecular Hbond substituents is 1. The molecule has 98 valence electrons. The summed E-state index contributed by atoms with van der Waals surface area (Å²) in [5.74, 6) is -1.03. The first kappa shape index (κ1) is 11.9. The lowest BCUT2D eigenvalue weighted by molar-refractivity contribution is -0.116. The van der Waals surface area contributed by atoms with Crippen LogP contribution >= 0.6 is 0 Å². The van der Waals surface area contributed by atoms with Crippen LogP contribution < -0.4 is 5.32 Å². The molecule has 6 nitrogen and oxygen atoms in total. The van der Waals surface area contributed by atoms with Crippen molar-refractivity contribution in [3.8, 4) is 5.75 Å². The van der Waals surface area contributed by atoms with Gasteiger partial charge < -0.3 is 20.3 Å². The van der Waals surface area contributed by atoms with E-state index in [0.29, 0.717) is 0 Å². The first-order valence-corrected chi connectivity index (χ1v) is 5.76. The van der Waals surface area contributed by atoms with Crippen LogP contribution in [-0.4, -0.2) is 40.2 Å². The number of hydrogen-bond donors (Lipinski definition) is 3. The third kappa shape index (κ3) is 2.00. The summed E-state index contributed by atoms with van der Waals surface area (Å²) in [7, 11) is 0. The van der Waals surface area contributed by atoms with E-state index in [1.807, 2.05) is 0 Å². The number of para-hydroxylation sites is 1. The lowest BCUT2D eigenvalue weighted by Gasteiger charge is -2.17. The van der Waals surface area contributed by atoms with E-state index in [0.717, 1.165) is 6.08 Å². The Balaban J connectivity index is 1.80. The minimum absolute atomic E-state index is 0.0712. The molecule has 2 unspecified atom stereocenters. The fourth-order valence-corrected chi connectivity index (χ4v) is 2.06. The predicted octanol–water partition coefficient (Wildman–Crippen LogP) is -0.283. The Morgan fingerprint density at radius 3 is 2.79 bits per heavy atom. The van der Waals surface area contributed by atoms with Gasteiger partial charge >= 0.3 is 0 Å². The predicted molar refractivity (Wildman–Crippen MR) is 63.3 cm³/mol. The van der Waals surface area contributed by atoms with Crippen molar-refractivity contribution in [2.45, 2.75) is 18.3 Å². The molecule has 3 N–H and O–H groups in total. The Morgan fingerprint density at radius 2 is 2.05 bits per heavy atom. The molecule has 6 heteroatoms. The molecule has 1 aliphatic carbocycles. The lowest BCUT2D eigenvalue weighted by Crippen LogP contribution is -2.37. The molecule has 1 aromatic rings. The van der Waals surface area contributed by atoms with Crippen LogP contribution in [0.2, 0.25) is 0 Å². The van der Waals surface area contributed by atoms with Crippen LogP contribution in [0.25, 0.3) is 0 Å². The normalized spacial score (nSPS) is 28.4. The molecule has 1 amide bonds. The molecular weight excluding hydrogens is 250 g/mol. The van der Waals surface area contributed by atoms with Crippen molar-refractivity contribution >= 4 is 11.7 Å². The number of hydrogen-bond acceptors (Lipinski definition) is 5. The second-order valence-electron chi connectivity index (χ2n) is 4.44. The van der Waals surface area contributed by atoms with E-state index in [4.69, 9.17) is 4.74 Å². The number of nitrogens with one attached hydrogen (secondary N) is 1. The zero-order chi connectivity index (χ0) is 13.6. The molecule has 0 bridgehead atoms. The average Bonchev–Trinajstić information content (AvgIpc) is 3.17. The van der Waals surface area contributed by atoms with E-state index in [9.17, 15) is 19.8 Å². The van der Waals surface area contributed by atoms with Gasteiger partial charge in [0.1, 0.15) is 24.1 Å². The topological polar surface area (TPSA) is 99.2 Å². The molecule has 0 aromatic heterocycles. The van der Waals surface area contributed by atoms with E-state index in [-0.39, 0.29) is 22.8 Å². The highest BCUT2D eigenvalue weighted by Gasteiger charge is 2.53. The van der Waals surface area contributed by atoms with Gasteiger partial charge in [-0.1, -0.05) is 12.1 Å². The van der Waals surface area contributed by atoms with Gasteiger partial charge in [-0.2, -0.15) is 0 Å². The van der Waals surface area contributed by atoms with Gasteiger partial charge in [-0.15, -0.1) is 0 Å². The number of rotatable bonds is 2. The van der Waals surface area contributed by atoms with Crippen molar-refractivity contribution < 1.29 is 24.5 Å². The number of phenols is 1. The van der Waals surface area contributed by atoms with Crippen LogP contribution in [0.5, 0.6) is 5.75 Å². The molecule has 0 radical (unpaired) electrons. The first-order valence-electron chi connectivity index (χ1n) is 5.76. The molecular formula is C13H11NO5. The number of aliphatic hydroxyl groups is 1. The van der Waals surface area contributed by atoms with Gasteiger partial charge in [-0.05, 0) is 12.1 Å². The number of carbonyl (C=O) groups is 2. The summed E-state index contributed by atoms with van der Waals surface area (Å²) >= 11 is 0. The maximum atomic E-state index is 11.9. The van der Waals surface area contributed by atoms with Gasteiger partial charge in [-0.25, -0.2) is 0 Å². The van der Waals surface area contributed by atoms with Crippen molar-refractivity contribution in [2.24, 2.45) is 0 Å². The summed E-state index contributed by atoms with van der Waals surface area (Å²) in [5.41, 5.74) is 0.166. The van der Waals surface area contributed by atoms with Crippen molar-refractivity contribution in [2.75, 3.05) is 0 Å². The maximum Gasteiger partial charge on any atom is 0.259 e. The molecule has 3 atom stereocenters. The van der Waals surface area contributed by atoms with Gasteiger partial charge in [0.2, 0.25) is 0 Å². The molecule has 1 aliphatic heterocycles. The monoisotopic (exact) mass is 261 g/mol. The Bertz CT molecular complexity index is 594. The van der Waals surface area contributed by atoms with Gasteiger partial charge in [0, 0.05) is 6.08 Å². The van der Waals surface area contributed by atoms with E-state index in [1.165, 1.54) is 12.1 Å². The molecule has 1 heterocycles. The van der Waals surface area contributed by atoms with Crippen LogP contribution in [0.4, 0.5) is 0 Å². The van der Waals surface area contributed by atoms with Crippen LogP contribution in [0, 0.1) is 0 Å². The zero-order valence-corrected chi connectivity index (χ0v) is 9.74. The van der Waals surface area contributed by atoms with E-state index < -0.39 is 24.2 Å². The molecule has 3 rings (SSSR count). The van der Waals surface area contributed by atoms with Gasteiger partial charge in [0.05, 0.1) is 11.3 Å². The zero-order valence-electron chi connectivity index (χ0n) is 9.74. The van der Waals surface area contributed by atoms with Gasteiger partial charge in [0.25, 0.3) is 5.91 Å². The van der Waals surface area contributed by atoms with E-state index in [2.05, 4.69) is 5.32 Å². The van der Waals surface area contributed by atoms with Crippen molar-refractivity contribution in [3.05, 3.63) is 41.6 Å². The number of epoxide rings is 1. The van der Waals surface area contributed by atoms with Crippen molar-refractivity contribution in [1.82, 2.24) is 5.32 Å². The largest absolute Gasteiger partial charge is 0.507 e. The smallest absolute Gasteiger partial charge is 0.259 e. The third-order valence-electron chi connectivity index (χ3n) is 3.14. The van der Waals surface area contributed by atoms with Crippen LogP contribution in [-0.2, 0) is 9.53 Å². The minimum atomic E-state index is -1.03. The molecule has 0 spiro atoms. The van der Waals surface area contributed by atoms with Crippen LogP contribution in [0.1, 0.15) is 10.4 Å². The minimum Gasteiger partial charge on any atom is -0.507 e. The molecule has 2 aliphatic rings. The first-order chi connectivity index (χ1) is 9.08. The molecule has 1 saturated heterocycles. The number of ketones is 1. The summed E-state index contributed by atoms with van der Waals surface area (Å²) in [4.78, 5) is 23.4. The highest BCUT2D eigenvalue weighted by Crippen LogP contribution is 2.33. The summed E-state index contributed by atoms with van der Waals surface area (Å²) in [6.45, 7) is 0. The molecule has 1 fully saturated rings. The van der Waals surface area contributed by atoms with Gasteiger partial charge in [0.15, 0.2) is 5.78 Å². The fraction of sp³-hybridized carbons (Fsp3) is 0.231. The number of ether oxygens (including phenoxy) is 1. The molecule has 0 saturated carbocycles. The van der Waals surface area contributed by atoms with Gasteiger partial charge in [-0.3, -0.25) is 9.59 Å². The SMILES string of the molecule is O=C(NC1=CC(=O)C2OC2[C@@H]1O)c1ccccc1O. The summed E-state index contributed by atoms with van der Waals surface area (Å²) < 4.78 is 4.99. The van der Waals surface area contributed by atoms with E-state index in [1.54, 1.807) is 12.1 Å². The lowest BCUT2D eigenvalue weighted by atomic mass is 10.0. The van der Waals surface area contributed by atoms with Crippen molar-refractivity contribution in [1.29, 1.82) is 0 Å². The van der Waals surface area contributed by atoms with Crippen molar-refractivity contribution in [3.63, 3.8) is 0 Å². The summed E-state index contributed by atoms with van der Waals surface area (Å²) in [6.07, 6.45) is -1.02. The summed E-state index contributed by atoms with van der Waals surface area (Å²) in [5, 5.41) is 21.8. The highest BCUT2D eigenvalue weighted by molar-refractivity contribution is 6.01. The Kier molecular flexibility index (Phi) is 2.62. The fourth-order valence-electron chi connectivity index (χ4n) is 2.06. The second-order valence-corrected chi connectivity index (χ2v) is 4.44. The molecule has 19 heavy (non-hydrogen) atoms. The standard InChI is InChI=1S/C13H11NO5/c15-8-4-2-1-3-6(8)13(18)14-7-5-9(16)11-12(19-11)10(7)17/h1-5,10-12,15,17H,(H,14,18)/t10-,11?,12?/m1/s1. The Labute approximate surface area is 108 Å². The summed E-state index contributed by atoms with van der Waals surface area (Å²) in [6, 6.07) is 6.02.